The number of hydrogen-bond donors (Lipinski definition) is 2. The fourth-order valence-corrected chi connectivity index (χ4v) is 3.93. The quantitative estimate of drug-likeness (QED) is 0.879. The van der Waals surface area contributed by atoms with Crippen molar-refractivity contribution in [2.24, 2.45) is 0 Å². The molecule has 0 saturated heterocycles. The molecule has 1 aromatic heterocycles. The molecule has 1 unspecified atom stereocenters. The van der Waals surface area contributed by atoms with E-state index in [-0.39, 0.29) is 11.4 Å². The molecule has 126 valence electrons. The van der Waals surface area contributed by atoms with E-state index in [1.165, 1.54) is 0 Å². The first kappa shape index (κ1) is 17.7. The lowest BCUT2D eigenvalue weighted by Gasteiger charge is -2.14. The molecule has 23 heavy (non-hydrogen) atoms. The lowest BCUT2D eigenvalue weighted by atomic mass is 10.1. The molecule has 0 saturated carbocycles. The standard InChI is InChI=1S/C17H23NO4S/c1-10-6-12(3)17(7-11(10)2)23(20,21)18-9-16(19)15-8-13(4)22-14(15)5/h6-8,16,18-19H,9H2,1-5H3. The van der Waals surface area contributed by atoms with E-state index in [1.54, 1.807) is 32.9 Å². The Morgan fingerprint density at radius 1 is 1.04 bits per heavy atom. The summed E-state index contributed by atoms with van der Waals surface area (Å²) in [6.45, 7) is 9.01. The Kier molecular flexibility index (Phi) is 4.98. The van der Waals surface area contributed by atoms with Crippen LogP contribution >= 0.6 is 0 Å². The molecule has 0 fully saturated rings. The van der Waals surface area contributed by atoms with E-state index in [2.05, 4.69) is 4.72 Å². The monoisotopic (exact) mass is 337 g/mol. The highest BCUT2D eigenvalue weighted by molar-refractivity contribution is 7.89. The number of nitrogens with one attached hydrogen (secondary N) is 1. The molecule has 1 aromatic carbocycles. The Morgan fingerprint density at radius 2 is 1.65 bits per heavy atom. The summed E-state index contributed by atoms with van der Waals surface area (Å²) in [7, 11) is -3.68. The normalized spacial score (nSPS) is 13.3. The molecular formula is C17H23NO4S. The average Bonchev–Trinajstić information content (AvgIpc) is 2.79. The molecule has 1 heterocycles. The van der Waals surface area contributed by atoms with E-state index >= 15 is 0 Å². The minimum absolute atomic E-state index is 0.103. The second-order valence-corrected chi connectivity index (χ2v) is 7.67. The molecule has 2 rings (SSSR count). The molecule has 0 aliphatic heterocycles. The maximum absolute atomic E-state index is 12.5. The summed E-state index contributed by atoms with van der Waals surface area (Å²) in [5.41, 5.74) is 3.25. The van der Waals surface area contributed by atoms with E-state index in [0.717, 1.165) is 11.1 Å². The van der Waals surface area contributed by atoms with Crippen LogP contribution in [0.15, 0.2) is 27.5 Å². The number of rotatable bonds is 5. The molecule has 2 N–H and O–H groups in total. The van der Waals surface area contributed by atoms with Crippen LogP contribution in [0.4, 0.5) is 0 Å². The zero-order valence-corrected chi connectivity index (χ0v) is 14.9. The number of hydrogen-bond acceptors (Lipinski definition) is 4. The third-order valence-corrected chi connectivity index (χ3v) is 5.55. The van der Waals surface area contributed by atoms with Gasteiger partial charge in [0.2, 0.25) is 10.0 Å². The van der Waals surface area contributed by atoms with Gasteiger partial charge in [0.15, 0.2) is 0 Å². The van der Waals surface area contributed by atoms with Gasteiger partial charge in [-0.2, -0.15) is 0 Å². The van der Waals surface area contributed by atoms with Gasteiger partial charge >= 0.3 is 0 Å². The molecule has 1 atom stereocenters. The van der Waals surface area contributed by atoms with E-state index in [9.17, 15) is 13.5 Å². The van der Waals surface area contributed by atoms with Crippen LogP contribution in [0.1, 0.15) is 39.9 Å². The molecule has 0 aliphatic carbocycles. The van der Waals surface area contributed by atoms with Gasteiger partial charge in [0.25, 0.3) is 0 Å². The molecule has 0 spiro atoms. The van der Waals surface area contributed by atoms with E-state index in [4.69, 9.17) is 4.42 Å². The van der Waals surface area contributed by atoms with Crippen molar-refractivity contribution in [1.29, 1.82) is 0 Å². The topological polar surface area (TPSA) is 79.5 Å². The number of aliphatic hydroxyl groups is 1. The van der Waals surface area contributed by atoms with Crippen LogP contribution < -0.4 is 4.72 Å². The van der Waals surface area contributed by atoms with Gasteiger partial charge in [-0.25, -0.2) is 13.1 Å². The van der Waals surface area contributed by atoms with Crippen molar-refractivity contribution in [3.63, 3.8) is 0 Å². The smallest absolute Gasteiger partial charge is 0.240 e. The zero-order chi connectivity index (χ0) is 17.4. The predicted molar refractivity (Wildman–Crippen MR) is 89.0 cm³/mol. The van der Waals surface area contributed by atoms with Crippen molar-refractivity contribution in [3.8, 4) is 0 Å². The first-order chi connectivity index (χ1) is 10.6. The highest BCUT2D eigenvalue weighted by Gasteiger charge is 2.21. The first-order valence-electron chi connectivity index (χ1n) is 7.44. The van der Waals surface area contributed by atoms with Gasteiger partial charge in [-0.05, 0) is 63.4 Å². The summed E-state index contributed by atoms with van der Waals surface area (Å²) < 4.78 is 32.8. The lowest BCUT2D eigenvalue weighted by Crippen LogP contribution is -2.29. The average molecular weight is 337 g/mol. The third-order valence-electron chi connectivity index (χ3n) is 3.99. The zero-order valence-electron chi connectivity index (χ0n) is 14.1. The molecule has 0 bridgehead atoms. The summed E-state index contributed by atoms with van der Waals surface area (Å²) >= 11 is 0. The third kappa shape index (κ3) is 3.83. The second-order valence-electron chi connectivity index (χ2n) is 5.94. The molecule has 6 heteroatoms. The second kappa shape index (κ2) is 6.47. The molecule has 0 aliphatic rings. The fraction of sp³-hybridized carbons (Fsp3) is 0.412. The van der Waals surface area contributed by atoms with E-state index in [0.29, 0.717) is 22.6 Å². The summed E-state index contributed by atoms with van der Waals surface area (Å²) in [6.07, 6.45) is -0.950. The van der Waals surface area contributed by atoms with Crippen LogP contribution in [-0.2, 0) is 10.0 Å². The van der Waals surface area contributed by atoms with Gasteiger partial charge in [0, 0.05) is 12.1 Å². The van der Waals surface area contributed by atoms with Crippen LogP contribution in [0.5, 0.6) is 0 Å². The van der Waals surface area contributed by atoms with Crippen LogP contribution in [-0.4, -0.2) is 20.1 Å². The van der Waals surface area contributed by atoms with Gasteiger partial charge in [-0.1, -0.05) is 6.07 Å². The molecule has 2 aromatic rings. The Hall–Kier alpha value is -1.63. The SMILES string of the molecule is Cc1cc(C(O)CNS(=O)(=O)c2cc(C)c(C)cc2C)c(C)o1. The van der Waals surface area contributed by atoms with Crippen molar-refractivity contribution in [2.45, 2.75) is 45.6 Å². The van der Waals surface area contributed by atoms with Crippen LogP contribution in [0.3, 0.4) is 0 Å². The van der Waals surface area contributed by atoms with Gasteiger partial charge in [0.1, 0.15) is 11.5 Å². The Balaban J connectivity index is 2.19. The van der Waals surface area contributed by atoms with Crippen molar-refractivity contribution < 1.29 is 17.9 Å². The highest BCUT2D eigenvalue weighted by atomic mass is 32.2. The summed E-state index contributed by atoms with van der Waals surface area (Å²) in [5.74, 6) is 1.28. The fourth-order valence-electron chi connectivity index (χ4n) is 2.58. The van der Waals surface area contributed by atoms with Crippen LogP contribution in [0.25, 0.3) is 0 Å². The lowest BCUT2D eigenvalue weighted by molar-refractivity contribution is 0.180. The van der Waals surface area contributed by atoms with Crippen molar-refractivity contribution >= 4 is 10.0 Å². The van der Waals surface area contributed by atoms with Gasteiger partial charge in [-0.15, -0.1) is 0 Å². The van der Waals surface area contributed by atoms with Crippen molar-refractivity contribution in [3.05, 3.63) is 52.0 Å². The molecule has 0 amide bonds. The predicted octanol–water partition coefficient (Wildman–Crippen LogP) is 2.83. The van der Waals surface area contributed by atoms with Crippen molar-refractivity contribution in [1.82, 2.24) is 4.72 Å². The number of benzene rings is 1. The summed E-state index contributed by atoms with van der Waals surface area (Å²) in [4.78, 5) is 0.243. The van der Waals surface area contributed by atoms with E-state index in [1.807, 2.05) is 19.9 Å². The summed E-state index contributed by atoms with van der Waals surface area (Å²) in [5, 5.41) is 10.2. The first-order valence-corrected chi connectivity index (χ1v) is 8.92. The number of aliphatic hydroxyl groups excluding tert-OH is 1. The summed E-state index contributed by atoms with van der Waals surface area (Å²) in [6, 6.07) is 5.23. The van der Waals surface area contributed by atoms with Crippen LogP contribution in [0.2, 0.25) is 0 Å². The Morgan fingerprint density at radius 3 is 2.22 bits per heavy atom. The van der Waals surface area contributed by atoms with Crippen molar-refractivity contribution in [2.75, 3.05) is 6.54 Å². The molecule has 5 nitrogen and oxygen atoms in total. The minimum atomic E-state index is -3.68. The minimum Gasteiger partial charge on any atom is -0.466 e. The van der Waals surface area contributed by atoms with Crippen LogP contribution in [0, 0.1) is 34.6 Å². The number of aryl methyl sites for hydroxylation is 5. The largest absolute Gasteiger partial charge is 0.466 e. The molecular weight excluding hydrogens is 314 g/mol. The molecule has 0 radical (unpaired) electrons. The number of furan rings is 1. The highest BCUT2D eigenvalue weighted by Crippen LogP contribution is 2.23. The van der Waals surface area contributed by atoms with Gasteiger partial charge in [-0.3, -0.25) is 0 Å². The number of sulfonamides is 1. The maximum Gasteiger partial charge on any atom is 0.240 e. The van der Waals surface area contributed by atoms with Gasteiger partial charge in [0.05, 0.1) is 11.0 Å². The Bertz CT molecular complexity index is 821. The maximum atomic E-state index is 12.5. The van der Waals surface area contributed by atoms with E-state index < -0.39 is 16.1 Å². The van der Waals surface area contributed by atoms with Gasteiger partial charge < -0.3 is 9.52 Å². The Labute approximate surface area is 137 Å².